The molecule has 0 radical (unpaired) electrons. The highest BCUT2D eigenvalue weighted by atomic mass is 19.1. The number of carbonyl (C=O) groups is 1. The monoisotopic (exact) mass is 331 g/mol. The van der Waals surface area contributed by atoms with Gasteiger partial charge in [-0.3, -0.25) is 4.79 Å². The molecule has 0 amide bonds. The standard InChI is InChI=1S/C18H15F2NO3/c1-10-13(7-18(23)24)14-6-17(22)15(20)8-16(14)21(10)9-11-2-4-12(19)5-3-11/h2-6,8,22H,7,9H2,1H3,(H,23,24). The molecule has 0 aliphatic rings. The minimum absolute atomic E-state index is 0.232. The van der Waals surface area contributed by atoms with E-state index in [4.69, 9.17) is 5.11 Å². The van der Waals surface area contributed by atoms with Gasteiger partial charge >= 0.3 is 5.97 Å². The first-order chi connectivity index (χ1) is 11.4. The lowest BCUT2D eigenvalue weighted by Gasteiger charge is -2.09. The Hall–Kier alpha value is -2.89. The first-order valence-electron chi connectivity index (χ1n) is 7.33. The topological polar surface area (TPSA) is 62.5 Å². The fourth-order valence-corrected chi connectivity index (χ4v) is 2.91. The summed E-state index contributed by atoms with van der Waals surface area (Å²) < 4.78 is 28.6. The van der Waals surface area contributed by atoms with Gasteiger partial charge < -0.3 is 14.8 Å². The highest BCUT2D eigenvalue weighted by Gasteiger charge is 2.19. The van der Waals surface area contributed by atoms with Crippen LogP contribution in [0.1, 0.15) is 16.8 Å². The van der Waals surface area contributed by atoms with Crippen molar-refractivity contribution in [1.82, 2.24) is 4.57 Å². The molecular formula is C18H15F2NO3. The van der Waals surface area contributed by atoms with E-state index < -0.39 is 17.5 Å². The van der Waals surface area contributed by atoms with Crippen molar-refractivity contribution in [2.75, 3.05) is 0 Å². The number of hydrogen-bond donors (Lipinski definition) is 2. The largest absolute Gasteiger partial charge is 0.505 e. The Labute approximate surface area is 136 Å². The number of benzene rings is 2. The molecule has 6 heteroatoms. The molecular weight excluding hydrogens is 316 g/mol. The van der Waals surface area contributed by atoms with Crippen LogP contribution in [0, 0.1) is 18.6 Å². The van der Waals surface area contributed by atoms with Crippen LogP contribution in [0.15, 0.2) is 36.4 Å². The molecule has 0 unspecified atom stereocenters. The zero-order valence-electron chi connectivity index (χ0n) is 12.9. The third kappa shape index (κ3) is 2.82. The summed E-state index contributed by atoms with van der Waals surface area (Å²) in [6.07, 6.45) is -0.232. The minimum atomic E-state index is -1.01. The number of aromatic nitrogens is 1. The average Bonchev–Trinajstić information content (AvgIpc) is 2.75. The number of aromatic hydroxyl groups is 1. The van der Waals surface area contributed by atoms with Gasteiger partial charge in [-0.2, -0.15) is 0 Å². The smallest absolute Gasteiger partial charge is 0.307 e. The van der Waals surface area contributed by atoms with Gasteiger partial charge in [0.15, 0.2) is 11.6 Å². The van der Waals surface area contributed by atoms with Crippen molar-refractivity contribution in [2.45, 2.75) is 19.9 Å². The van der Waals surface area contributed by atoms with Crippen LogP contribution in [0.2, 0.25) is 0 Å². The fourth-order valence-electron chi connectivity index (χ4n) is 2.91. The molecule has 124 valence electrons. The lowest BCUT2D eigenvalue weighted by Crippen LogP contribution is -2.05. The predicted molar refractivity (Wildman–Crippen MR) is 85.1 cm³/mol. The van der Waals surface area contributed by atoms with Crippen molar-refractivity contribution in [3.8, 4) is 5.75 Å². The molecule has 0 bridgehead atoms. The Balaban J connectivity index is 2.18. The van der Waals surface area contributed by atoms with E-state index in [0.29, 0.717) is 28.7 Å². The third-order valence-electron chi connectivity index (χ3n) is 4.10. The second-order valence-electron chi connectivity index (χ2n) is 5.67. The molecule has 3 rings (SSSR count). The van der Waals surface area contributed by atoms with Gasteiger partial charge in [-0.15, -0.1) is 0 Å². The van der Waals surface area contributed by atoms with E-state index in [1.54, 1.807) is 23.6 Å². The first-order valence-corrected chi connectivity index (χ1v) is 7.33. The molecule has 0 saturated heterocycles. The number of aliphatic carboxylic acids is 1. The highest BCUT2D eigenvalue weighted by molar-refractivity contribution is 5.90. The fraction of sp³-hybridized carbons (Fsp3) is 0.167. The van der Waals surface area contributed by atoms with Gasteiger partial charge in [-0.05, 0) is 36.2 Å². The van der Waals surface area contributed by atoms with Gasteiger partial charge in [0.1, 0.15) is 5.82 Å². The molecule has 0 saturated carbocycles. The van der Waals surface area contributed by atoms with E-state index in [-0.39, 0.29) is 12.2 Å². The second kappa shape index (κ2) is 5.96. The zero-order chi connectivity index (χ0) is 17.4. The van der Waals surface area contributed by atoms with E-state index in [9.17, 15) is 18.7 Å². The number of halogens is 2. The summed E-state index contributed by atoms with van der Waals surface area (Å²) in [7, 11) is 0. The van der Waals surface area contributed by atoms with Gasteiger partial charge in [0.25, 0.3) is 0 Å². The Morgan fingerprint density at radius 1 is 1.17 bits per heavy atom. The maximum atomic E-state index is 13.8. The van der Waals surface area contributed by atoms with Crippen LogP contribution in [0.4, 0.5) is 8.78 Å². The van der Waals surface area contributed by atoms with E-state index in [1.165, 1.54) is 24.3 Å². The number of fused-ring (bicyclic) bond motifs is 1. The summed E-state index contributed by atoms with van der Waals surface area (Å²) >= 11 is 0. The maximum absolute atomic E-state index is 13.8. The molecule has 0 fully saturated rings. The Kier molecular flexibility index (Phi) is 3.97. The van der Waals surface area contributed by atoms with Crippen LogP contribution in [0.3, 0.4) is 0 Å². The molecule has 3 aromatic rings. The Bertz CT molecular complexity index is 930. The summed E-state index contributed by atoms with van der Waals surface area (Å²) in [5.74, 6) is -2.66. The molecule has 0 aliphatic carbocycles. The summed E-state index contributed by atoms with van der Waals surface area (Å²) in [6.45, 7) is 2.09. The molecule has 0 aliphatic heterocycles. The molecule has 2 aromatic carbocycles. The molecule has 0 spiro atoms. The van der Waals surface area contributed by atoms with Crippen molar-refractivity contribution in [3.05, 3.63) is 64.9 Å². The quantitative estimate of drug-likeness (QED) is 0.768. The van der Waals surface area contributed by atoms with Crippen LogP contribution in [0.25, 0.3) is 10.9 Å². The summed E-state index contributed by atoms with van der Waals surface area (Å²) in [4.78, 5) is 11.1. The number of carboxylic acids is 1. The summed E-state index contributed by atoms with van der Waals surface area (Å²) in [5.41, 5.74) is 2.48. The predicted octanol–water partition coefficient (Wildman–Crippen LogP) is 3.61. The van der Waals surface area contributed by atoms with Crippen LogP contribution >= 0.6 is 0 Å². The van der Waals surface area contributed by atoms with E-state index in [0.717, 1.165) is 5.56 Å². The maximum Gasteiger partial charge on any atom is 0.307 e. The normalized spacial score (nSPS) is 11.1. The molecule has 2 N–H and O–H groups in total. The van der Waals surface area contributed by atoms with Gasteiger partial charge in [0.05, 0.1) is 11.9 Å². The van der Waals surface area contributed by atoms with Crippen LogP contribution in [-0.2, 0) is 17.8 Å². The van der Waals surface area contributed by atoms with Crippen molar-refractivity contribution in [2.24, 2.45) is 0 Å². The molecule has 24 heavy (non-hydrogen) atoms. The van der Waals surface area contributed by atoms with Gasteiger partial charge in [-0.1, -0.05) is 12.1 Å². The molecule has 0 atom stereocenters. The first kappa shape index (κ1) is 16.0. The average molecular weight is 331 g/mol. The van der Waals surface area contributed by atoms with Gasteiger partial charge in [0.2, 0.25) is 0 Å². The molecule has 4 nitrogen and oxygen atoms in total. The Morgan fingerprint density at radius 2 is 1.83 bits per heavy atom. The molecule has 1 aromatic heterocycles. The number of phenols is 1. The number of nitrogens with zero attached hydrogens (tertiary/aromatic N) is 1. The third-order valence-corrected chi connectivity index (χ3v) is 4.10. The SMILES string of the molecule is Cc1c(CC(=O)O)c2cc(O)c(F)cc2n1Cc1ccc(F)cc1. The number of hydrogen-bond acceptors (Lipinski definition) is 2. The lowest BCUT2D eigenvalue weighted by molar-refractivity contribution is -0.136. The number of phenolic OH excluding ortho intramolecular Hbond substituents is 1. The van der Waals surface area contributed by atoms with Crippen molar-refractivity contribution in [3.63, 3.8) is 0 Å². The second-order valence-corrected chi connectivity index (χ2v) is 5.67. The zero-order valence-corrected chi connectivity index (χ0v) is 12.9. The summed E-state index contributed by atoms with van der Waals surface area (Å²) in [6, 6.07) is 8.34. The van der Waals surface area contributed by atoms with E-state index in [1.807, 2.05) is 0 Å². The summed E-state index contributed by atoms with van der Waals surface area (Å²) in [5, 5.41) is 19.2. The number of carboxylic acid groups (broad SMARTS) is 1. The van der Waals surface area contributed by atoms with Crippen LogP contribution < -0.4 is 0 Å². The van der Waals surface area contributed by atoms with Crippen LogP contribution in [-0.4, -0.2) is 20.7 Å². The van der Waals surface area contributed by atoms with Crippen LogP contribution in [0.5, 0.6) is 5.75 Å². The highest BCUT2D eigenvalue weighted by Crippen LogP contribution is 2.32. The van der Waals surface area contributed by atoms with Crippen molar-refractivity contribution < 1.29 is 23.8 Å². The van der Waals surface area contributed by atoms with E-state index >= 15 is 0 Å². The lowest BCUT2D eigenvalue weighted by atomic mass is 10.1. The van der Waals surface area contributed by atoms with Crippen molar-refractivity contribution >= 4 is 16.9 Å². The molecule has 1 heterocycles. The minimum Gasteiger partial charge on any atom is -0.505 e. The Morgan fingerprint density at radius 3 is 2.46 bits per heavy atom. The van der Waals surface area contributed by atoms with Gasteiger partial charge in [0, 0.05) is 23.7 Å². The van der Waals surface area contributed by atoms with Crippen molar-refractivity contribution in [1.29, 1.82) is 0 Å². The van der Waals surface area contributed by atoms with Gasteiger partial charge in [-0.25, -0.2) is 8.78 Å². The number of rotatable bonds is 4. The van der Waals surface area contributed by atoms with E-state index in [2.05, 4.69) is 0 Å².